The lowest BCUT2D eigenvalue weighted by Gasteiger charge is -2.40. The molecule has 0 bridgehead atoms. The van der Waals surface area contributed by atoms with Crippen molar-refractivity contribution in [3.63, 3.8) is 0 Å². The Morgan fingerprint density at radius 3 is 2.35 bits per heavy atom. The lowest BCUT2D eigenvalue weighted by molar-refractivity contribution is -0.140. The SMILES string of the molecule is CC(C)C(=O)N1CCCC(N2C(=O)NC3(CCN(C(C)C)CC3)C2=O)C1. The molecule has 1 N–H and O–H groups in total. The first-order chi connectivity index (χ1) is 12.2. The molecule has 3 aliphatic heterocycles. The summed E-state index contributed by atoms with van der Waals surface area (Å²) in [5.41, 5.74) is -0.743. The Morgan fingerprint density at radius 1 is 1.12 bits per heavy atom. The average Bonchev–Trinajstić information content (AvgIpc) is 2.84. The molecule has 3 aliphatic rings. The van der Waals surface area contributed by atoms with Gasteiger partial charge in [0.05, 0.1) is 6.04 Å². The zero-order valence-corrected chi connectivity index (χ0v) is 16.5. The Balaban J connectivity index is 1.70. The summed E-state index contributed by atoms with van der Waals surface area (Å²) in [6.07, 6.45) is 2.92. The second-order valence-corrected chi connectivity index (χ2v) is 8.55. The quantitative estimate of drug-likeness (QED) is 0.769. The first-order valence-corrected chi connectivity index (χ1v) is 9.94. The molecular weight excluding hydrogens is 332 g/mol. The van der Waals surface area contributed by atoms with Crippen LogP contribution in [-0.2, 0) is 9.59 Å². The first-order valence-electron chi connectivity index (χ1n) is 9.94. The molecule has 1 atom stereocenters. The molecule has 26 heavy (non-hydrogen) atoms. The number of carbonyl (C=O) groups is 3. The summed E-state index contributed by atoms with van der Waals surface area (Å²) in [5, 5.41) is 3.00. The van der Waals surface area contributed by atoms with Gasteiger partial charge in [-0.2, -0.15) is 0 Å². The molecule has 0 radical (unpaired) electrons. The van der Waals surface area contributed by atoms with Crippen LogP contribution in [0, 0.1) is 5.92 Å². The minimum atomic E-state index is -0.743. The molecule has 4 amide bonds. The molecule has 3 rings (SSSR count). The molecule has 0 saturated carbocycles. The van der Waals surface area contributed by atoms with Crippen LogP contribution in [0.15, 0.2) is 0 Å². The van der Waals surface area contributed by atoms with E-state index in [1.807, 2.05) is 18.7 Å². The van der Waals surface area contributed by atoms with E-state index < -0.39 is 5.54 Å². The lowest BCUT2D eigenvalue weighted by Crippen LogP contribution is -2.57. The highest BCUT2D eigenvalue weighted by molar-refractivity contribution is 6.07. The zero-order chi connectivity index (χ0) is 19.1. The van der Waals surface area contributed by atoms with Crippen LogP contribution in [0.3, 0.4) is 0 Å². The minimum absolute atomic E-state index is 0.0661. The van der Waals surface area contributed by atoms with Gasteiger partial charge in [0, 0.05) is 38.1 Å². The van der Waals surface area contributed by atoms with Crippen molar-refractivity contribution in [2.75, 3.05) is 26.2 Å². The number of urea groups is 1. The molecule has 0 aliphatic carbocycles. The number of imide groups is 1. The summed E-state index contributed by atoms with van der Waals surface area (Å²) in [4.78, 5) is 43.8. The number of amides is 4. The van der Waals surface area contributed by atoms with Gasteiger partial charge < -0.3 is 15.1 Å². The highest BCUT2D eigenvalue weighted by Gasteiger charge is 2.54. The van der Waals surface area contributed by atoms with E-state index in [1.54, 1.807) is 0 Å². The second-order valence-electron chi connectivity index (χ2n) is 8.55. The molecular formula is C19H32N4O3. The van der Waals surface area contributed by atoms with E-state index in [4.69, 9.17) is 0 Å². The molecule has 0 aromatic rings. The van der Waals surface area contributed by atoms with Crippen LogP contribution >= 0.6 is 0 Å². The summed E-state index contributed by atoms with van der Waals surface area (Å²) < 4.78 is 0. The maximum absolute atomic E-state index is 13.2. The van der Waals surface area contributed by atoms with Gasteiger partial charge in [-0.05, 0) is 39.5 Å². The van der Waals surface area contributed by atoms with Gasteiger partial charge in [0.25, 0.3) is 5.91 Å². The van der Waals surface area contributed by atoms with Crippen molar-refractivity contribution in [2.45, 2.75) is 71.0 Å². The van der Waals surface area contributed by atoms with E-state index in [9.17, 15) is 14.4 Å². The maximum Gasteiger partial charge on any atom is 0.325 e. The minimum Gasteiger partial charge on any atom is -0.340 e. The van der Waals surface area contributed by atoms with Gasteiger partial charge in [-0.25, -0.2) is 4.79 Å². The average molecular weight is 364 g/mol. The molecule has 1 spiro atoms. The summed E-state index contributed by atoms with van der Waals surface area (Å²) >= 11 is 0. The fourth-order valence-corrected chi connectivity index (χ4v) is 4.46. The Morgan fingerprint density at radius 2 is 1.77 bits per heavy atom. The third-order valence-electron chi connectivity index (χ3n) is 6.14. The summed E-state index contributed by atoms with van der Waals surface area (Å²) in [6, 6.07) is -0.0390. The van der Waals surface area contributed by atoms with Gasteiger partial charge >= 0.3 is 6.03 Å². The van der Waals surface area contributed by atoms with Crippen molar-refractivity contribution in [3.8, 4) is 0 Å². The van der Waals surface area contributed by atoms with Crippen LogP contribution in [0.2, 0.25) is 0 Å². The summed E-state index contributed by atoms with van der Waals surface area (Å²) in [7, 11) is 0. The predicted molar refractivity (Wildman–Crippen MR) is 98.5 cm³/mol. The van der Waals surface area contributed by atoms with Gasteiger partial charge in [0.2, 0.25) is 5.91 Å². The number of nitrogens with one attached hydrogen (secondary N) is 1. The van der Waals surface area contributed by atoms with Crippen LogP contribution in [0.25, 0.3) is 0 Å². The topological polar surface area (TPSA) is 73.0 Å². The van der Waals surface area contributed by atoms with Gasteiger partial charge in [-0.3, -0.25) is 14.5 Å². The molecule has 0 aromatic carbocycles. The van der Waals surface area contributed by atoms with E-state index in [-0.39, 0.29) is 29.8 Å². The van der Waals surface area contributed by atoms with E-state index in [2.05, 4.69) is 24.1 Å². The van der Waals surface area contributed by atoms with Crippen molar-refractivity contribution in [2.24, 2.45) is 5.92 Å². The van der Waals surface area contributed by atoms with Gasteiger partial charge in [0.1, 0.15) is 5.54 Å². The maximum atomic E-state index is 13.2. The van der Waals surface area contributed by atoms with E-state index in [1.165, 1.54) is 4.90 Å². The lowest BCUT2D eigenvalue weighted by atomic mass is 9.86. The van der Waals surface area contributed by atoms with Crippen molar-refractivity contribution < 1.29 is 14.4 Å². The molecule has 3 fully saturated rings. The molecule has 7 heteroatoms. The molecule has 146 valence electrons. The Kier molecular flexibility index (Phi) is 5.28. The monoisotopic (exact) mass is 364 g/mol. The highest BCUT2D eigenvalue weighted by Crippen LogP contribution is 2.33. The normalized spacial score (nSPS) is 26.9. The molecule has 7 nitrogen and oxygen atoms in total. The van der Waals surface area contributed by atoms with Crippen LogP contribution in [0.1, 0.15) is 53.4 Å². The smallest absolute Gasteiger partial charge is 0.325 e. The van der Waals surface area contributed by atoms with E-state index in [0.717, 1.165) is 25.9 Å². The van der Waals surface area contributed by atoms with Crippen molar-refractivity contribution in [1.29, 1.82) is 0 Å². The third-order valence-corrected chi connectivity index (χ3v) is 6.14. The largest absolute Gasteiger partial charge is 0.340 e. The van der Waals surface area contributed by atoms with Gasteiger partial charge in [-0.15, -0.1) is 0 Å². The molecule has 1 unspecified atom stereocenters. The van der Waals surface area contributed by atoms with Gasteiger partial charge in [0.15, 0.2) is 0 Å². The van der Waals surface area contributed by atoms with Crippen molar-refractivity contribution in [1.82, 2.24) is 20.0 Å². The Bertz CT molecular complexity index is 581. The van der Waals surface area contributed by atoms with Crippen LogP contribution < -0.4 is 5.32 Å². The summed E-state index contributed by atoms with van der Waals surface area (Å²) in [5.74, 6) is -0.0555. The Labute approximate surface area is 156 Å². The number of nitrogens with zero attached hydrogens (tertiary/aromatic N) is 3. The van der Waals surface area contributed by atoms with Crippen molar-refractivity contribution in [3.05, 3.63) is 0 Å². The summed E-state index contributed by atoms with van der Waals surface area (Å²) in [6.45, 7) is 10.9. The first kappa shape index (κ1) is 19.1. The predicted octanol–water partition coefficient (Wildman–Crippen LogP) is 1.43. The fourth-order valence-electron chi connectivity index (χ4n) is 4.46. The zero-order valence-electron chi connectivity index (χ0n) is 16.5. The number of hydrogen-bond donors (Lipinski definition) is 1. The van der Waals surface area contributed by atoms with Gasteiger partial charge in [-0.1, -0.05) is 13.8 Å². The highest BCUT2D eigenvalue weighted by atomic mass is 16.2. The number of carbonyl (C=O) groups excluding carboxylic acids is 3. The van der Waals surface area contributed by atoms with Crippen LogP contribution in [-0.4, -0.2) is 76.3 Å². The number of piperidine rings is 2. The van der Waals surface area contributed by atoms with E-state index >= 15 is 0 Å². The number of likely N-dealkylation sites (tertiary alicyclic amines) is 2. The molecule has 0 aromatic heterocycles. The Hall–Kier alpha value is -1.63. The molecule has 3 saturated heterocycles. The van der Waals surface area contributed by atoms with E-state index in [0.29, 0.717) is 32.0 Å². The van der Waals surface area contributed by atoms with Crippen LogP contribution in [0.5, 0.6) is 0 Å². The van der Waals surface area contributed by atoms with Crippen molar-refractivity contribution >= 4 is 17.8 Å². The fraction of sp³-hybridized carbons (Fsp3) is 0.842. The van der Waals surface area contributed by atoms with Crippen LogP contribution in [0.4, 0.5) is 4.79 Å². The second kappa shape index (κ2) is 7.18. The number of hydrogen-bond acceptors (Lipinski definition) is 4. The standard InChI is InChI=1S/C19H32N4O3/c1-13(2)16(24)22-9-5-6-15(12-22)23-17(25)19(20-18(23)26)7-10-21(11-8-19)14(3)4/h13-15H,5-12H2,1-4H3,(H,20,26). The third kappa shape index (κ3) is 3.33. The molecule has 3 heterocycles. The number of rotatable bonds is 3.